The molecule has 0 saturated carbocycles. The number of nitrogens with two attached hydrogens (primary N) is 1. The Morgan fingerprint density at radius 2 is 2.05 bits per heavy atom. The molecule has 0 aromatic heterocycles. The zero-order valence-electron chi connectivity index (χ0n) is 11.8. The Morgan fingerprint density at radius 3 is 2.68 bits per heavy atom. The van der Waals surface area contributed by atoms with Crippen LogP contribution >= 0.6 is 0 Å². The summed E-state index contributed by atoms with van der Waals surface area (Å²) in [6.45, 7) is 7.06. The third-order valence-electron chi connectivity index (χ3n) is 3.28. The Labute approximate surface area is 114 Å². The number of hydrogen-bond donors (Lipinski definition) is 1. The summed E-state index contributed by atoms with van der Waals surface area (Å²) in [7, 11) is 0. The van der Waals surface area contributed by atoms with Gasteiger partial charge in [-0.25, -0.2) is 4.79 Å². The van der Waals surface area contributed by atoms with Gasteiger partial charge in [-0.1, -0.05) is 18.2 Å². The maximum Gasteiger partial charge on any atom is 0.410 e. The van der Waals surface area contributed by atoms with Crippen molar-refractivity contribution in [2.24, 2.45) is 0 Å². The molecule has 1 unspecified atom stereocenters. The average Bonchev–Trinajstić information content (AvgIpc) is 2.76. The molecule has 1 fully saturated rings. The van der Waals surface area contributed by atoms with E-state index in [1.807, 2.05) is 45.0 Å². The molecule has 19 heavy (non-hydrogen) atoms. The fraction of sp³-hybridized carbons (Fsp3) is 0.533. The number of carbonyl (C=O) groups is 1. The van der Waals surface area contributed by atoms with Crippen molar-refractivity contribution in [3.05, 3.63) is 29.8 Å². The highest BCUT2D eigenvalue weighted by Gasteiger charge is 2.31. The second-order valence-electron chi connectivity index (χ2n) is 6.04. The van der Waals surface area contributed by atoms with E-state index in [0.29, 0.717) is 12.5 Å². The summed E-state index contributed by atoms with van der Waals surface area (Å²) in [5.41, 5.74) is 7.48. The van der Waals surface area contributed by atoms with E-state index in [-0.39, 0.29) is 6.09 Å². The number of anilines is 1. The molecule has 1 saturated heterocycles. The van der Waals surface area contributed by atoms with E-state index in [2.05, 4.69) is 0 Å². The van der Waals surface area contributed by atoms with Gasteiger partial charge in [-0.3, -0.25) is 0 Å². The first-order valence-corrected chi connectivity index (χ1v) is 6.69. The average molecular weight is 262 g/mol. The van der Waals surface area contributed by atoms with Gasteiger partial charge < -0.3 is 15.4 Å². The Kier molecular flexibility index (Phi) is 3.69. The summed E-state index contributed by atoms with van der Waals surface area (Å²) >= 11 is 0. The number of carbonyl (C=O) groups excluding carboxylic acids is 1. The Hall–Kier alpha value is -1.71. The number of rotatable bonds is 1. The molecule has 0 radical (unpaired) electrons. The molecule has 1 aliphatic rings. The van der Waals surface area contributed by atoms with Crippen molar-refractivity contribution in [3.8, 4) is 0 Å². The quantitative estimate of drug-likeness (QED) is 0.791. The molecule has 1 aromatic carbocycles. The molecule has 1 amide bonds. The van der Waals surface area contributed by atoms with Crippen molar-refractivity contribution >= 4 is 11.8 Å². The lowest BCUT2D eigenvalue weighted by atomic mass is 9.97. The number of ether oxygens (including phenoxy) is 1. The highest BCUT2D eigenvalue weighted by Crippen LogP contribution is 2.31. The van der Waals surface area contributed by atoms with Gasteiger partial charge >= 0.3 is 6.09 Å². The second kappa shape index (κ2) is 5.11. The molecule has 104 valence electrons. The van der Waals surface area contributed by atoms with E-state index in [4.69, 9.17) is 10.5 Å². The molecule has 2 rings (SSSR count). The molecular formula is C15H22N2O2. The van der Waals surface area contributed by atoms with E-state index in [9.17, 15) is 4.79 Å². The van der Waals surface area contributed by atoms with Gasteiger partial charge in [0.25, 0.3) is 0 Å². The number of nitrogens with zero attached hydrogens (tertiary/aromatic N) is 1. The molecule has 2 N–H and O–H groups in total. The van der Waals surface area contributed by atoms with Gasteiger partial charge in [0.1, 0.15) is 5.60 Å². The first-order valence-electron chi connectivity index (χ1n) is 6.69. The van der Waals surface area contributed by atoms with E-state index >= 15 is 0 Å². The van der Waals surface area contributed by atoms with Crippen molar-refractivity contribution in [1.82, 2.24) is 4.90 Å². The zero-order valence-corrected chi connectivity index (χ0v) is 11.8. The molecule has 4 nitrogen and oxygen atoms in total. The van der Waals surface area contributed by atoms with Crippen LogP contribution in [0.4, 0.5) is 10.5 Å². The van der Waals surface area contributed by atoms with Crippen LogP contribution < -0.4 is 5.73 Å². The van der Waals surface area contributed by atoms with Crippen molar-refractivity contribution in [3.63, 3.8) is 0 Å². The summed E-state index contributed by atoms with van der Waals surface area (Å²) in [4.78, 5) is 13.8. The van der Waals surface area contributed by atoms with Gasteiger partial charge in [0, 0.05) is 24.7 Å². The van der Waals surface area contributed by atoms with E-state index in [1.54, 1.807) is 4.90 Å². The van der Waals surface area contributed by atoms with Gasteiger partial charge in [0.05, 0.1) is 0 Å². The summed E-state index contributed by atoms with van der Waals surface area (Å²) in [5.74, 6) is 0.314. The van der Waals surface area contributed by atoms with Gasteiger partial charge in [-0.15, -0.1) is 0 Å². The highest BCUT2D eigenvalue weighted by atomic mass is 16.6. The van der Waals surface area contributed by atoms with Crippen LogP contribution in [0.1, 0.15) is 38.7 Å². The van der Waals surface area contributed by atoms with E-state index in [0.717, 1.165) is 24.2 Å². The monoisotopic (exact) mass is 262 g/mol. The van der Waals surface area contributed by atoms with Crippen LogP contribution in [0.2, 0.25) is 0 Å². The van der Waals surface area contributed by atoms with Crippen molar-refractivity contribution in [2.75, 3.05) is 18.8 Å². The highest BCUT2D eigenvalue weighted by molar-refractivity contribution is 5.69. The first kappa shape index (κ1) is 13.7. The fourth-order valence-electron chi connectivity index (χ4n) is 2.39. The second-order valence-corrected chi connectivity index (χ2v) is 6.04. The lowest BCUT2D eigenvalue weighted by molar-refractivity contribution is 0.0292. The summed E-state index contributed by atoms with van der Waals surface area (Å²) in [6, 6.07) is 7.87. The lowest BCUT2D eigenvalue weighted by Crippen LogP contribution is -2.35. The van der Waals surface area contributed by atoms with Crippen LogP contribution in [0, 0.1) is 0 Å². The van der Waals surface area contributed by atoms with Crippen LogP contribution in [0.3, 0.4) is 0 Å². The Balaban J connectivity index is 2.01. The minimum absolute atomic E-state index is 0.232. The molecule has 0 spiro atoms. The third kappa shape index (κ3) is 3.40. The minimum atomic E-state index is -0.444. The van der Waals surface area contributed by atoms with Gasteiger partial charge in [0.15, 0.2) is 0 Å². The smallest absolute Gasteiger partial charge is 0.410 e. The largest absolute Gasteiger partial charge is 0.444 e. The van der Waals surface area contributed by atoms with Gasteiger partial charge in [-0.2, -0.15) is 0 Å². The normalized spacial score (nSPS) is 19.5. The Morgan fingerprint density at radius 1 is 1.37 bits per heavy atom. The summed E-state index contributed by atoms with van der Waals surface area (Å²) in [6.07, 6.45) is 0.706. The summed E-state index contributed by atoms with van der Waals surface area (Å²) in [5, 5.41) is 0. The van der Waals surface area contributed by atoms with Crippen LogP contribution in [-0.2, 0) is 4.74 Å². The van der Waals surface area contributed by atoms with Crippen LogP contribution in [0.25, 0.3) is 0 Å². The lowest BCUT2D eigenvalue weighted by Gasteiger charge is -2.24. The summed E-state index contributed by atoms with van der Waals surface area (Å²) < 4.78 is 5.39. The number of para-hydroxylation sites is 1. The number of benzene rings is 1. The molecule has 0 bridgehead atoms. The number of amides is 1. The number of nitrogen functional groups attached to an aromatic ring is 1. The van der Waals surface area contributed by atoms with E-state index in [1.165, 1.54) is 0 Å². The first-order chi connectivity index (χ1) is 8.87. The van der Waals surface area contributed by atoms with Gasteiger partial charge in [0.2, 0.25) is 0 Å². The molecule has 1 aromatic rings. The molecule has 1 atom stereocenters. The fourth-order valence-corrected chi connectivity index (χ4v) is 2.39. The minimum Gasteiger partial charge on any atom is -0.444 e. The van der Waals surface area contributed by atoms with Crippen LogP contribution in [0.15, 0.2) is 24.3 Å². The van der Waals surface area contributed by atoms with Crippen LogP contribution in [0.5, 0.6) is 0 Å². The molecule has 1 aliphatic heterocycles. The van der Waals surface area contributed by atoms with Gasteiger partial charge in [-0.05, 0) is 38.8 Å². The van der Waals surface area contributed by atoms with Crippen molar-refractivity contribution in [1.29, 1.82) is 0 Å². The Bertz CT molecular complexity index is 465. The van der Waals surface area contributed by atoms with E-state index < -0.39 is 5.60 Å². The maximum atomic E-state index is 12.0. The van der Waals surface area contributed by atoms with Crippen molar-refractivity contribution < 1.29 is 9.53 Å². The van der Waals surface area contributed by atoms with Crippen LogP contribution in [-0.4, -0.2) is 29.7 Å². The SMILES string of the molecule is CC(C)(C)OC(=O)N1CCC(c2ccccc2N)C1. The predicted octanol–water partition coefficient (Wildman–Crippen LogP) is 2.99. The predicted molar refractivity (Wildman–Crippen MR) is 76.0 cm³/mol. The third-order valence-corrected chi connectivity index (χ3v) is 3.28. The number of likely N-dealkylation sites (tertiary alicyclic amines) is 1. The maximum absolute atomic E-state index is 12.0. The zero-order chi connectivity index (χ0) is 14.0. The standard InChI is InChI=1S/C15H22N2O2/c1-15(2,3)19-14(18)17-9-8-11(10-17)12-6-4-5-7-13(12)16/h4-7,11H,8-10,16H2,1-3H3. The molecular weight excluding hydrogens is 240 g/mol. The number of hydrogen-bond acceptors (Lipinski definition) is 3. The molecule has 1 heterocycles. The topological polar surface area (TPSA) is 55.6 Å². The van der Waals surface area contributed by atoms with Crippen molar-refractivity contribution in [2.45, 2.75) is 38.7 Å². The molecule has 0 aliphatic carbocycles. The molecule has 4 heteroatoms.